The van der Waals surface area contributed by atoms with Gasteiger partial charge in [-0.3, -0.25) is 0 Å². The van der Waals surface area contributed by atoms with Crippen molar-refractivity contribution in [2.45, 2.75) is 20.8 Å². The number of carbonyl (C=O) groups is 1. The van der Waals surface area contributed by atoms with Crippen LogP contribution in [0, 0.1) is 20.8 Å². The summed E-state index contributed by atoms with van der Waals surface area (Å²) in [5.41, 5.74) is 2.60. The van der Waals surface area contributed by atoms with Gasteiger partial charge in [-0.1, -0.05) is 6.07 Å². The van der Waals surface area contributed by atoms with Gasteiger partial charge in [0.1, 0.15) is 17.4 Å². The van der Waals surface area contributed by atoms with E-state index in [0.717, 1.165) is 11.4 Å². The molecule has 152 valence electrons. The molecule has 2 amide bonds. The van der Waals surface area contributed by atoms with E-state index in [1.165, 1.54) is 0 Å². The second-order valence-corrected chi connectivity index (χ2v) is 6.54. The molecular formula is C20H25N7O2. The van der Waals surface area contributed by atoms with Gasteiger partial charge in [0, 0.05) is 36.6 Å². The standard InChI is InChI=1S/C20H25N7O2/c1-13-10-14(2)27(26-13)19-12-18(23-15(3)24-19)21-8-9-22-20(28)25-16-6-5-7-17(11-16)29-4/h5-7,10-12H,8-9H2,1-4H3,(H,21,23,24)(H2,22,25,28). The molecule has 2 heterocycles. The SMILES string of the molecule is COc1cccc(NC(=O)NCCNc2cc(-n3nc(C)cc3C)nc(C)n2)c1. The van der Waals surface area contributed by atoms with E-state index in [2.05, 4.69) is 31.0 Å². The highest BCUT2D eigenvalue weighted by atomic mass is 16.5. The molecule has 0 saturated carbocycles. The minimum absolute atomic E-state index is 0.290. The third-order valence-corrected chi connectivity index (χ3v) is 4.10. The Morgan fingerprint density at radius 3 is 2.66 bits per heavy atom. The van der Waals surface area contributed by atoms with E-state index in [1.807, 2.05) is 45.0 Å². The number of hydrogen-bond donors (Lipinski definition) is 3. The van der Waals surface area contributed by atoms with E-state index >= 15 is 0 Å². The highest BCUT2D eigenvalue weighted by molar-refractivity contribution is 5.89. The molecular weight excluding hydrogens is 370 g/mol. The first-order chi connectivity index (χ1) is 13.9. The lowest BCUT2D eigenvalue weighted by atomic mass is 10.3. The van der Waals surface area contributed by atoms with Crippen LogP contribution in [-0.2, 0) is 0 Å². The highest BCUT2D eigenvalue weighted by Gasteiger charge is 2.08. The molecule has 0 aliphatic rings. The van der Waals surface area contributed by atoms with Gasteiger partial charge in [-0.2, -0.15) is 5.10 Å². The Kier molecular flexibility index (Phi) is 6.28. The predicted octanol–water partition coefficient (Wildman–Crippen LogP) is 2.83. The molecule has 3 aromatic rings. The zero-order valence-corrected chi connectivity index (χ0v) is 17.0. The monoisotopic (exact) mass is 395 g/mol. The Labute approximate surface area is 169 Å². The van der Waals surface area contributed by atoms with Gasteiger partial charge in [0.2, 0.25) is 0 Å². The number of rotatable bonds is 7. The van der Waals surface area contributed by atoms with Crippen LogP contribution in [0.25, 0.3) is 5.82 Å². The van der Waals surface area contributed by atoms with E-state index in [0.29, 0.717) is 42.0 Å². The highest BCUT2D eigenvalue weighted by Crippen LogP contribution is 2.16. The summed E-state index contributed by atoms with van der Waals surface area (Å²) in [6, 6.07) is 10.7. The molecule has 0 aliphatic carbocycles. The van der Waals surface area contributed by atoms with Crippen LogP contribution in [0.4, 0.5) is 16.3 Å². The van der Waals surface area contributed by atoms with Crippen molar-refractivity contribution in [2.24, 2.45) is 0 Å². The van der Waals surface area contributed by atoms with E-state index in [4.69, 9.17) is 4.74 Å². The number of carbonyl (C=O) groups excluding carboxylic acids is 1. The van der Waals surface area contributed by atoms with Crippen LogP contribution in [0.3, 0.4) is 0 Å². The lowest BCUT2D eigenvalue weighted by Gasteiger charge is -2.11. The molecule has 0 fully saturated rings. The molecule has 1 aromatic carbocycles. The lowest BCUT2D eigenvalue weighted by Crippen LogP contribution is -2.32. The zero-order chi connectivity index (χ0) is 20.8. The van der Waals surface area contributed by atoms with Gasteiger partial charge < -0.3 is 20.7 Å². The van der Waals surface area contributed by atoms with E-state index in [1.54, 1.807) is 23.9 Å². The van der Waals surface area contributed by atoms with Gasteiger partial charge in [0.05, 0.1) is 12.8 Å². The molecule has 0 saturated heterocycles. The van der Waals surface area contributed by atoms with Crippen LogP contribution in [0.2, 0.25) is 0 Å². The Bertz CT molecular complexity index is 1000. The molecule has 0 radical (unpaired) electrons. The first-order valence-corrected chi connectivity index (χ1v) is 9.26. The summed E-state index contributed by atoms with van der Waals surface area (Å²) in [5.74, 6) is 2.70. The molecule has 29 heavy (non-hydrogen) atoms. The van der Waals surface area contributed by atoms with Crippen molar-refractivity contribution in [1.29, 1.82) is 0 Å². The number of aromatic nitrogens is 4. The van der Waals surface area contributed by atoms with Gasteiger partial charge in [-0.05, 0) is 39.0 Å². The van der Waals surface area contributed by atoms with Gasteiger partial charge in [-0.15, -0.1) is 0 Å². The van der Waals surface area contributed by atoms with Crippen molar-refractivity contribution >= 4 is 17.5 Å². The predicted molar refractivity (Wildman–Crippen MR) is 112 cm³/mol. The number of benzene rings is 1. The van der Waals surface area contributed by atoms with Crippen LogP contribution in [0.5, 0.6) is 5.75 Å². The van der Waals surface area contributed by atoms with Gasteiger partial charge in [0.25, 0.3) is 0 Å². The Hall–Kier alpha value is -3.62. The van der Waals surface area contributed by atoms with E-state index in [9.17, 15) is 4.79 Å². The Balaban J connectivity index is 1.52. The number of ether oxygens (including phenoxy) is 1. The number of hydrogen-bond acceptors (Lipinski definition) is 6. The Morgan fingerprint density at radius 2 is 1.93 bits per heavy atom. The fraction of sp³-hybridized carbons (Fsp3) is 0.300. The van der Waals surface area contributed by atoms with Crippen LogP contribution in [0.15, 0.2) is 36.4 Å². The average molecular weight is 395 g/mol. The summed E-state index contributed by atoms with van der Waals surface area (Å²) in [6.45, 7) is 6.70. The summed E-state index contributed by atoms with van der Waals surface area (Å²) < 4.78 is 6.93. The molecule has 9 heteroatoms. The molecule has 2 aromatic heterocycles. The maximum atomic E-state index is 12.0. The minimum Gasteiger partial charge on any atom is -0.497 e. The molecule has 0 bridgehead atoms. The van der Waals surface area contributed by atoms with Crippen LogP contribution in [-0.4, -0.2) is 46.0 Å². The summed E-state index contributed by atoms with van der Waals surface area (Å²) in [5, 5.41) is 13.2. The average Bonchev–Trinajstić information content (AvgIpc) is 3.03. The van der Waals surface area contributed by atoms with Crippen molar-refractivity contribution in [3.63, 3.8) is 0 Å². The maximum Gasteiger partial charge on any atom is 0.319 e. The van der Waals surface area contributed by atoms with Gasteiger partial charge >= 0.3 is 6.03 Å². The minimum atomic E-state index is -0.290. The zero-order valence-electron chi connectivity index (χ0n) is 17.0. The molecule has 0 spiro atoms. The van der Waals surface area contributed by atoms with E-state index in [-0.39, 0.29) is 6.03 Å². The number of nitrogens with zero attached hydrogens (tertiary/aromatic N) is 4. The quantitative estimate of drug-likeness (QED) is 0.531. The lowest BCUT2D eigenvalue weighted by molar-refractivity contribution is 0.252. The summed E-state index contributed by atoms with van der Waals surface area (Å²) >= 11 is 0. The number of anilines is 2. The van der Waals surface area contributed by atoms with E-state index < -0.39 is 0 Å². The molecule has 3 rings (SSSR count). The van der Waals surface area contributed by atoms with Crippen molar-refractivity contribution in [3.8, 4) is 11.6 Å². The summed E-state index contributed by atoms with van der Waals surface area (Å²) in [4.78, 5) is 20.9. The van der Waals surface area contributed by atoms with Crippen molar-refractivity contribution < 1.29 is 9.53 Å². The Morgan fingerprint density at radius 1 is 1.10 bits per heavy atom. The second-order valence-electron chi connectivity index (χ2n) is 6.54. The maximum absolute atomic E-state index is 12.0. The van der Waals surface area contributed by atoms with Gasteiger partial charge in [-0.25, -0.2) is 19.4 Å². The fourth-order valence-electron chi connectivity index (χ4n) is 2.85. The van der Waals surface area contributed by atoms with Crippen molar-refractivity contribution in [3.05, 3.63) is 53.6 Å². The summed E-state index contributed by atoms with van der Waals surface area (Å²) in [7, 11) is 1.58. The normalized spacial score (nSPS) is 10.5. The van der Waals surface area contributed by atoms with Crippen molar-refractivity contribution in [1.82, 2.24) is 25.1 Å². The first kappa shape index (κ1) is 20.1. The van der Waals surface area contributed by atoms with Crippen LogP contribution in [0.1, 0.15) is 17.2 Å². The summed E-state index contributed by atoms with van der Waals surface area (Å²) in [6.07, 6.45) is 0. The largest absolute Gasteiger partial charge is 0.497 e. The second kappa shape index (κ2) is 9.05. The molecule has 9 nitrogen and oxygen atoms in total. The molecule has 0 unspecified atom stereocenters. The number of methoxy groups -OCH3 is 1. The number of urea groups is 1. The fourth-order valence-corrected chi connectivity index (χ4v) is 2.85. The van der Waals surface area contributed by atoms with Crippen molar-refractivity contribution in [2.75, 3.05) is 30.8 Å². The topological polar surface area (TPSA) is 106 Å². The third-order valence-electron chi connectivity index (χ3n) is 4.10. The third kappa shape index (κ3) is 5.44. The molecule has 3 N–H and O–H groups in total. The van der Waals surface area contributed by atoms with Crippen LogP contribution < -0.4 is 20.7 Å². The number of amides is 2. The molecule has 0 aliphatic heterocycles. The molecule has 0 atom stereocenters. The number of nitrogens with one attached hydrogen (secondary N) is 3. The van der Waals surface area contributed by atoms with Gasteiger partial charge in [0.15, 0.2) is 5.82 Å². The smallest absolute Gasteiger partial charge is 0.319 e. The first-order valence-electron chi connectivity index (χ1n) is 9.26. The van der Waals surface area contributed by atoms with Crippen LogP contribution >= 0.6 is 0 Å². The number of aryl methyl sites for hydroxylation is 3.